The van der Waals surface area contributed by atoms with E-state index in [1.807, 2.05) is 19.3 Å². The van der Waals surface area contributed by atoms with Crippen molar-refractivity contribution in [3.8, 4) is 11.5 Å². The molecule has 0 aliphatic carbocycles. The van der Waals surface area contributed by atoms with Crippen molar-refractivity contribution in [3.63, 3.8) is 0 Å². The Kier molecular flexibility index (Phi) is 2.64. The fourth-order valence-electron chi connectivity index (χ4n) is 2.08. The van der Waals surface area contributed by atoms with Crippen LogP contribution in [-0.2, 0) is 7.05 Å². The first-order valence-electron chi connectivity index (χ1n) is 5.90. The maximum atomic E-state index is 5.29. The van der Waals surface area contributed by atoms with Gasteiger partial charge in [0.2, 0.25) is 11.7 Å². The molecule has 1 aliphatic rings. The van der Waals surface area contributed by atoms with Gasteiger partial charge >= 0.3 is 0 Å². The Labute approximate surface area is 99.0 Å². The lowest BCUT2D eigenvalue weighted by molar-refractivity contribution is 0.297. The molecule has 0 saturated carbocycles. The maximum Gasteiger partial charge on any atom is 0.244 e. The Bertz CT molecular complexity index is 497. The summed E-state index contributed by atoms with van der Waals surface area (Å²) >= 11 is 0. The van der Waals surface area contributed by atoms with Crippen LogP contribution < -0.4 is 5.32 Å². The predicted molar refractivity (Wildman–Crippen MR) is 61.1 cm³/mol. The first kappa shape index (κ1) is 10.5. The molecule has 3 heterocycles. The lowest BCUT2D eigenvalue weighted by atomic mass is 10.1. The summed E-state index contributed by atoms with van der Waals surface area (Å²) in [5.74, 6) is 1.23. The van der Waals surface area contributed by atoms with E-state index in [0.29, 0.717) is 11.7 Å². The van der Waals surface area contributed by atoms with E-state index in [4.69, 9.17) is 4.52 Å². The molecule has 2 aromatic heterocycles. The summed E-state index contributed by atoms with van der Waals surface area (Å²) in [6.07, 6.45) is 5.35. The molecule has 0 aromatic carbocycles. The SMILES string of the molecule is Cn1ccc(-c2noc([C@@H]3CCCCN3)n2)n1. The van der Waals surface area contributed by atoms with E-state index >= 15 is 0 Å². The molecule has 2 aromatic rings. The van der Waals surface area contributed by atoms with Crippen LogP contribution in [0.3, 0.4) is 0 Å². The van der Waals surface area contributed by atoms with E-state index in [2.05, 4.69) is 20.6 Å². The minimum atomic E-state index is 0.203. The number of hydrogen-bond donors (Lipinski definition) is 1. The van der Waals surface area contributed by atoms with Crippen molar-refractivity contribution >= 4 is 0 Å². The van der Waals surface area contributed by atoms with Gasteiger partial charge in [-0.2, -0.15) is 10.1 Å². The third-order valence-electron chi connectivity index (χ3n) is 2.99. The molecule has 3 rings (SSSR count). The number of hydrogen-bond acceptors (Lipinski definition) is 5. The van der Waals surface area contributed by atoms with Gasteiger partial charge in [-0.05, 0) is 25.5 Å². The van der Waals surface area contributed by atoms with Crippen LogP contribution in [0.25, 0.3) is 11.5 Å². The topological polar surface area (TPSA) is 68.8 Å². The highest BCUT2D eigenvalue weighted by Gasteiger charge is 2.21. The fourth-order valence-corrected chi connectivity index (χ4v) is 2.08. The summed E-state index contributed by atoms with van der Waals surface area (Å²) in [4.78, 5) is 4.40. The van der Waals surface area contributed by atoms with Crippen LogP contribution in [0.4, 0.5) is 0 Å². The van der Waals surface area contributed by atoms with Crippen molar-refractivity contribution in [2.75, 3.05) is 6.54 Å². The summed E-state index contributed by atoms with van der Waals surface area (Å²) in [7, 11) is 1.87. The lowest BCUT2D eigenvalue weighted by Gasteiger charge is -2.19. The number of piperidine rings is 1. The van der Waals surface area contributed by atoms with Gasteiger partial charge in [0, 0.05) is 13.2 Å². The van der Waals surface area contributed by atoms with Gasteiger partial charge < -0.3 is 9.84 Å². The normalized spacial score (nSPS) is 20.6. The molecule has 1 N–H and O–H groups in total. The van der Waals surface area contributed by atoms with Gasteiger partial charge in [0.15, 0.2) is 0 Å². The molecule has 17 heavy (non-hydrogen) atoms. The van der Waals surface area contributed by atoms with E-state index in [1.54, 1.807) is 4.68 Å². The van der Waals surface area contributed by atoms with E-state index in [-0.39, 0.29) is 6.04 Å². The Morgan fingerprint density at radius 3 is 3.12 bits per heavy atom. The zero-order valence-corrected chi connectivity index (χ0v) is 9.76. The van der Waals surface area contributed by atoms with Gasteiger partial charge in [-0.15, -0.1) is 0 Å². The van der Waals surface area contributed by atoms with Crippen molar-refractivity contribution < 1.29 is 4.52 Å². The van der Waals surface area contributed by atoms with Gasteiger partial charge in [0.1, 0.15) is 5.69 Å². The Morgan fingerprint density at radius 1 is 1.47 bits per heavy atom. The summed E-state index contributed by atoms with van der Waals surface area (Å²) < 4.78 is 7.02. The van der Waals surface area contributed by atoms with Gasteiger partial charge in [0.05, 0.1) is 6.04 Å². The smallest absolute Gasteiger partial charge is 0.244 e. The van der Waals surface area contributed by atoms with Crippen molar-refractivity contribution in [2.24, 2.45) is 7.05 Å². The van der Waals surface area contributed by atoms with Crippen LogP contribution >= 0.6 is 0 Å². The molecular weight excluding hydrogens is 218 g/mol. The number of aryl methyl sites for hydroxylation is 1. The minimum Gasteiger partial charge on any atom is -0.337 e. The van der Waals surface area contributed by atoms with Crippen LogP contribution in [-0.4, -0.2) is 26.5 Å². The molecule has 1 fully saturated rings. The number of aromatic nitrogens is 4. The monoisotopic (exact) mass is 233 g/mol. The van der Waals surface area contributed by atoms with Gasteiger partial charge in [0.25, 0.3) is 0 Å². The molecule has 1 aliphatic heterocycles. The molecule has 0 spiro atoms. The van der Waals surface area contributed by atoms with Crippen LogP contribution in [0, 0.1) is 0 Å². The van der Waals surface area contributed by atoms with Crippen LogP contribution in [0.2, 0.25) is 0 Å². The predicted octanol–water partition coefficient (Wildman–Crippen LogP) is 1.28. The second-order valence-corrected chi connectivity index (χ2v) is 4.33. The Balaban J connectivity index is 1.82. The lowest BCUT2D eigenvalue weighted by Crippen LogP contribution is -2.26. The van der Waals surface area contributed by atoms with Crippen molar-refractivity contribution in [2.45, 2.75) is 25.3 Å². The summed E-state index contributed by atoms with van der Waals surface area (Å²) in [5.41, 5.74) is 0.748. The number of nitrogens with one attached hydrogen (secondary N) is 1. The summed E-state index contributed by atoms with van der Waals surface area (Å²) in [6.45, 7) is 1.02. The molecule has 0 unspecified atom stereocenters. The quantitative estimate of drug-likeness (QED) is 0.846. The molecule has 6 nitrogen and oxygen atoms in total. The molecule has 0 radical (unpaired) electrons. The second-order valence-electron chi connectivity index (χ2n) is 4.33. The zero-order chi connectivity index (χ0) is 11.7. The van der Waals surface area contributed by atoms with Crippen LogP contribution in [0.1, 0.15) is 31.2 Å². The third kappa shape index (κ3) is 2.08. The van der Waals surface area contributed by atoms with Crippen LogP contribution in [0.5, 0.6) is 0 Å². The van der Waals surface area contributed by atoms with Crippen molar-refractivity contribution in [3.05, 3.63) is 18.2 Å². The average molecular weight is 233 g/mol. The van der Waals surface area contributed by atoms with Crippen molar-refractivity contribution in [1.82, 2.24) is 25.2 Å². The fraction of sp³-hybridized carbons (Fsp3) is 0.545. The van der Waals surface area contributed by atoms with Gasteiger partial charge in [-0.25, -0.2) is 0 Å². The largest absolute Gasteiger partial charge is 0.337 e. The van der Waals surface area contributed by atoms with Gasteiger partial charge in [-0.3, -0.25) is 4.68 Å². The van der Waals surface area contributed by atoms with Gasteiger partial charge in [-0.1, -0.05) is 11.6 Å². The van der Waals surface area contributed by atoms with Crippen LogP contribution in [0.15, 0.2) is 16.8 Å². The second kappa shape index (κ2) is 4.29. The highest BCUT2D eigenvalue weighted by atomic mass is 16.5. The molecular formula is C11H15N5O. The summed E-state index contributed by atoms with van der Waals surface area (Å²) in [6, 6.07) is 2.08. The van der Waals surface area contributed by atoms with E-state index in [9.17, 15) is 0 Å². The molecule has 1 saturated heterocycles. The third-order valence-corrected chi connectivity index (χ3v) is 2.99. The highest BCUT2D eigenvalue weighted by molar-refractivity contribution is 5.46. The molecule has 0 amide bonds. The van der Waals surface area contributed by atoms with E-state index in [0.717, 1.165) is 18.7 Å². The number of rotatable bonds is 2. The van der Waals surface area contributed by atoms with E-state index in [1.165, 1.54) is 12.8 Å². The minimum absolute atomic E-state index is 0.203. The standard InChI is InChI=1S/C11H15N5O/c1-16-7-5-8(14-16)10-13-11(17-15-10)9-4-2-3-6-12-9/h5,7,9,12H,2-4,6H2,1H3/t9-/m0/s1. The molecule has 0 bridgehead atoms. The Morgan fingerprint density at radius 2 is 2.41 bits per heavy atom. The van der Waals surface area contributed by atoms with E-state index < -0.39 is 0 Å². The first-order valence-corrected chi connectivity index (χ1v) is 5.90. The zero-order valence-electron chi connectivity index (χ0n) is 9.76. The molecule has 90 valence electrons. The maximum absolute atomic E-state index is 5.29. The Hall–Kier alpha value is -1.69. The molecule has 6 heteroatoms. The first-order chi connectivity index (χ1) is 8.33. The van der Waals surface area contributed by atoms with Crippen molar-refractivity contribution in [1.29, 1.82) is 0 Å². The average Bonchev–Trinajstić information content (AvgIpc) is 2.98. The number of nitrogens with zero attached hydrogens (tertiary/aromatic N) is 4. The molecule has 1 atom stereocenters. The highest BCUT2D eigenvalue weighted by Crippen LogP contribution is 2.23. The summed E-state index contributed by atoms with van der Waals surface area (Å²) in [5, 5.41) is 11.6.